The minimum atomic E-state index is -0.247. The van der Waals surface area contributed by atoms with Crippen LogP contribution in [0.5, 0.6) is 0 Å². The number of hydrogen-bond acceptors (Lipinski definition) is 3. The van der Waals surface area contributed by atoms with Crippen molar-refractivity contribution in [2.45, 2.75) is 25.2 Å². The lowest BCUT2D eigenvalue weighted by atomic mass is 9.98. The van der Waals surface area contributed by atoms with Crippen LogP contribution in [0.1, 0.15) is 25.5 Å². The Morgan fingerprint density at radius 2 is 2.33 bits per heavy atom. The molecule has 0 radical (unpaired) electrons. The van der Waals surface area contributed by atoms with Gasteiger partial charge in [0, 0.05) is 6.20 Å². The van der Waals surface area contributed by atoms with Gasteiger partial charge in [-0.2, -0.15) is 0 Å². The van der Waals surface area contributed by atoms with Gasteiger partial charge in [-0.15, -0.1) is 0 Å². The largest absolute Gasteiger partial charge is 0.299 e. The van der Waals surface area contributed by atoms with Crippen molar-refractivity contribution in [3.05, 3.63) is 24.3 Å². The summed E-state index contributed by atoms with van der Waals surface area (Å²) >= 11 is 0. The predicted octanol–water partition coefficient (Wildman–Crippen LogP) is 1.10. The second-order valence-corrected chi connectivity index (χ2v) is 3.23. The van der Waals surface area contributed by atoms with E-state index in [1.165, 1.54) is 6.33 Å². The second kappa shape index (κ2) is 2.37. The number of nitrogens with zero attached hydrogens (tertiary/aromatic N) is 2. The average molecular weight is 162 g/mol. The molecule has 1 fully saturated rings. The van der Waals surface area contributed by atoms with Crippen LogP contribution in [-0.2, 0) is 10.2 Å². The summed E-state index contributed by atoms with van der Waals surface area (Å²) in [6.45, 7) is 1.63. The Hall–Kier alpha value is -1.25. The molecule has 2 rings (SSSR count). The minimum absolute atomic E-state index is 0.223. The normalized spacial score (nSPS) is 18.8. The number of ketones is 1. The number of aromatic nitrogens is 2. The highest BCUT2D eigenvalue weighted by molar-refractivity contribution is 5.90. The Balaban J connectivity index is 2.37. The molecular formula is C9H10N2O. The molecule has 3 heteroatoms. The van der Waals surface area contributed by atoms with E-state index in [0.717, 1.165) is 18.5 Å². The first kappa shape index (κ1) is 7.40. The molecule has 0 unspecified atom stereocenters. The summed E-state index contributed by atoms with van der Waals surface area (Å²) in [4.78, 5) is 19.2. The lowest BCUT2D eigenvalue weighted by Crippen LogP contribution is -2.18. The molecule has 3 nitrogen and oxygen atoms in total. The van der Waals surface area contributed by atoms with Gasteiger partial charge in [-0.25, -0.2) is 9.97 Å². The zero-order valence-electron chi connectivity index (χ0n) is 6.95. The van der Waals surface area contributed by atoms with E-state index in [1.54, 1.807) is 13.1 Å². The van der Waals surface area contributed by atoms with Crippen LogP contribution in [0, 0.1) is 0 Å². The third-order valence-electron chi connectivity index (χ3n) is 2.50. The number of rotatable bonds is 2. The highest BCUT2D eigenvalue weighted by Gasteiger charge is 2.49. The van der Waals surface area contributed by atoms with E-state index in [-0.39, 0.29) is 11.2 Å². The molecule has 0 N–H and O–H groups in total. The van der Waals surface area contributed by atoms with Crippen molar-refractivity contribution in [2.24, 2.45) is 0 Å². The quantitative estimate of drug-likeness (QED) is 0.654. The molecule has 0 bridgehead atoms. The van der Waals surface area contributed by atoms with E-state index in [9.17, 15) is 4.79 Å². The third kappa shape index (κ3) is 0.932. The topological polar surface area (TPSA) is 42.9 Å². The molecule has 0 amide bonds. The predicted molar refractivity (Wildman–Crippen MR) is 43.6 cm³/mol. The average Bonchev–Trinajstić information content (AvgIpc) is 2.86. The molecule has 1 heterocycles. The maximum absolute atomic E-state index is 11.3. The smallest absolute Gasteiger partial charge is 0.141 e. The minimum Gasteiger partial charge on any atom is -0.299 e. The van der Waals surface area contributed by atoms with Crippen molar-refractivity contribution in [3.63, 3.8) is 0 Å². The van der Waals surface area contributed by atoms with E-state index >= 15 is 0 Å². The first-order valence-electron chi connectivity index (χ1n) is 4.03. The molecule has 62 valence electrons. The van der Waals surface area contributed by atoms with Crippen LogP contribution < -0.4 is 0 Å². The van der Waals surface area contributed by atoms with Crippen LogP contribution in [0.4, 0.5) is 0 Å². The van der Waals surface area contributed by atoms with Crippen molar-refractivity contribution in [1.82, 2.24) is 9.97 Å². The van der Waals surface area contributed by atoms with Crippen molar-refractivity contribution >= 4 is 5.78 Å². The summed E-state index contributed by atoms with van der Waals surface area (Å²) in [5.74, 6) is 0.223. The van der Waals surface area contributed by atoms with Gasteiger partial charge in [0.1, 0.15) is 12.1 Å². The molecule has 0 aliphatic heterocycles. The zero-order chi connectivity index (χ0) is 8.60. The Labute approximate surface area is 70.9 Å². The Morgan fingerprint density at radius 1 is 1.58 bits per heavy atom. The number of hydrogen-bond donors (Lipinski definition) is 0. The molecule has 1 aromatic rings. The fraction of sp³-hybridized carbons (Fsp3) is 0.444. The van der Waals surface area contributed by atoms with Gasteiger partial charge in [-0.1, -0.05) is 0 Å². The number of Topliss-reactive ketones (excluding diaryl/α,β-unsaturated/α-hetero) is 1. The molecule has 1 aromatic heterocycles. The molecule has 0 spiro atoms. The summed E-state index contributed by atoms with van der Waals surface area (Å²) in [5, 5.41) is 0. The Bertz CT molecular complexity index is 304. The molecular weight excluding hydrogens is 152 g/mol. The fourth-order valence-corrected chi connectivity index (χ4v) is 1.49. The highest BCUT2D eigenvalue weighted by atomic mass is 16.1. The zero-order valence-corrected chi connectivity index (χ0v) is 6.95. The van der Waals surface area contributed by atoms with E-state index < -0.39 is 0 Å². The molecule has 1 saturated carbocycles. The lowest BCUT2D eigenvalue weighted by Gasteiger charge is -2.08. The van der Waals surface area contributed by atoms with Gasteiger partial charge in [-0.05, 0) is 25.8 Å². The first-order chi connectivity index (χ1) is 5.76. The SMILES string of the molecule is CC(=O)C1(c2ccncn2)CC1. The van der Waals surface area contributed by atoms with Crippen molar-refractivity contribution in [1.29, 1.82) is 0 Å². The van der Waals surface area contributed by atoms with Gasteiger partial charge < -0.3 is 0 Å². The fourth-order valence-electron chi connectivity index (χ4n) is 1.49. The van der Waals surface area contributed by atoms with Gasteiger partial charge in [0.25, 0.3) is 0 Å². The summed E-state index contributed by atoms with van der Waals surface area (Å²) in [5.41, 5.74) is 0.633. The number of carbonyl (C=O) groups excluding carboxylic acids is 1. The van der Waals surface area contributed by atoms with Crippen LogP contribution in [-0.4, -0.2) is 15.8 Å². The molecule has 12 heavy (non-hydrogen) atoms. The molecule has 0 aromatic carbocycles. The van der Waals surface area contributed by atoms with Crippen LogP contribution in [0.25, 0.3) is 0 Å². The van der Waals surface area contributed by atoms with E-state index in [4.69, 9.17) is 0 Å². The maximum Gasteiger partial charge on any atom is 0.141 e. The van der Waals surface area contributed by atoms with Gasteiger partial charge in [0.2, 0.25) is 0 Å². The maximum atomic E-state index is 11.3. The summed E-state index contributed by atoms with van der Waals surface area (Å²) in [7, 11) is 0. The Morgan fingerprint density at radius 3 is 2.75 bits per heavy atom. The van der Waals surface area contributed by atoms with E-state index in [0.29, 0.717) is 0 Å². The van der Waals surface area contributed by atoms with Crippen molar-refractivity contribution < 1.29 is 4.79 Å². The lowest BCUT2D eigenvalue weighted by molar-refractivity contribution is -0.119. The van der Waals surface area contributed by atoms with E-state index in [1.807, 2.05) is 6.07 Å². The monoisotopic (exact) mass is 162 g/mol. The second-order valence-electron chi connectivity index (χ2n) is 3.23. The summed E-state index contributed by atoms with van der Waals surface area (Å²) in [6, 6.07) is 1.83. The first-order valence-corrected chi connectivity index (χ1v) is 4.03. The van der Waals surface area contributed by atoms with Gasteiger partial charge in [0.15, 0.2) is 0 Å². The van der Waals surface area contributed by atoms with Crippen LogP contribution in [0.3, 0.4) is 0 Å². The van der Waals surface area contributed by atoms with Gasteiger partial charge in [0.05, 0.1) is 11.1 Å². The van der Waals surface area contributed by atoms with E-state index in [2.05, 4.69) is 9.97 Å². The van der Waals surface area contributed by atoms with Crippen LogP contribution in [0.2, 0.25) is 0 Å². The Kier molecular flexibility index (Phi) is 1.46. The molecule has 0 atom stereocenters. The summed E-state index contributed by atoms with van der Waals surface area (Å²) in [6.07, 6.45) is 5.07. The highest BCUT2D eigenvalue weighted by Crippen LogP contribution is 2.47. The van der Waals surface area contributed by atoms with Crippen molar-refractivity contribution in [2.75, 3.05) is 0 Å². The number of carbonyl (C=O) groups is 1. The van der Waals surface area contributed by atoms with Crippen LogP contribution >= 0.6 is 0 Å². The van der Waals surface area contributed by atoms with Crippen LogP contribution in [0.15, 0.2) is 18.6 Å². The molecule has 0 saturated heterocycles. The summed E-state index contributed by atoms with van der Waals surface area (Å²) < 4.78 is 0. The molecule has 1 aliphatic carbocycles. The molecule has 1 aliphatic rings. The third-order valence-corrected chi connectivity index (χ3v) is 2.50. The van der Waals surface area contributed by atoms with Crippen molar-refractivity contribution in [3.8, 4) is 0 Å². The van der Waals surface area contributed by atoms with Gasteiger partial charge >= 0.3 is 0 Å². The van der Waals surface area contributed by atoms with Gasteiger partial charge in [-0.3, -0.25) is 4.79 Å². The standard InChI is InChI=1S/C9H10N2O/c1-7(12)9(3-4-9)8-2-5-10-6-11-8/h2,5-6H,3-4H2,1H3.